The molecule has 0 aliphatic heterocycles. The van der Waals surface area contributed by atoms with Crippen molar-refractivity contribution >= 4 is 23.8 Å². The van der Waals surface area contributed by atoms with E-state index in [0.717, 1.165) is 0 Å². The first-order chi connectivity index (χ1) is 12.1. The van der Waals surface area contributed by atoms with E-state index in [1.54, 1.807) is 41.0 Å². The lowest BCUT2D eigenvalue weighted by Crippen LogP contribution is -2.20. The largest absolute Gasteiger partial charge is 0.497 e. The Hall–Kier alpha value is -3.07. The van der Waals surface area contributed by atoms with Gasteiger partial charge in [0, 0.05) is 18.5 Å². The molecule has 0 bridgehead atoms. The first kappa shape index (κ1) is 16.8. The summed E-state index contributed by atoms with van der Waals surface area (Å²) in [6.45, 7) is -0.0116. The summed E-state index contributed by atoms with van der Waals surface area (Å²) in [5, 5.41) is 6.96. The fourth-order valence-electron chi connectivity index (χ4n) is 2.29. The third-order valence-corrected chi connectivity index (χ3v) is 3.93. The van der Waals surface area contributed by atoms with Crippen LogP contribution in [0.2, 0.25) is 0 Å². The van der Waals surface area contributed by atoms with Crippen LogP contribution < -0.4 is 14.8 Å². The van der Waals surface area contributed by atoms with Gasteiger partial charge in [0.1, 0.15) is 24.4 Å². The van der Waals surface area contributed by atoms with E-state index in [4.69, 9.17) is 21.7 Å². The van der Waals surface area contributed by atoms with Crippen molar-refractivity contribution in [2.75, 3.05) is 19.5 Å². The van der Waals surface area contributed by atoms with Gasteiger partial charge in [0.25, 0.3) is 0 Å². The average Bonchev–Trinajstić information content (AvgIpc) is 3.26. The van der Waals surface area contributed by atoms with Crippen LogP contribution in [-0.2, 0) is 11.3 Å². The number of carbonyl (C=O) groups is 1. The Morgan fingerprint density at radius 3 is 2.68 bits per heavy atom. The van der Waals surface area contributed by atoms with Crippen LogP contribution in [0.15, 0.2) is 49.1 Å². The molecule has 3 aromatic rings. The summed E-state index contributed by atoms with van der Waals surface area (Å²) in [6.07, 6.45) is 5.23. The Labute approximate surface area is 149 Å². The Bertz CT molecular complexity index is 930. The molecule has 0 saturated heterocycles. The molecule has 8 nitrogen and oxygen atoms in total. The second kappa shape index (κ2) is 7.22. The number of hydrogen-bond acceptors (Lipinski definition) is 5. The van der Waals surface area contributed by atoms with Crippen molar-refractivity contribution in [1.29, 1.82) is 0 Å². The number of anilines is 1. The number of rotatable bonds is 6. The molecule has 0 aliphatic rings. The summed E-state index contributed by atoms with van der Waals surface area (Å²) in [6, 6.07) is 8.91. The molecular formula is C16H17N5O3S. The molecule has 0 saturated carbocycles. The van der Waals surface area contributed by atoms with Crippen LogP contribution in [0.25, 0.3) is 0 Å². The molecule has 0 fully saturated rings. The fraction of sp³-hybridized carbons (Fsp3) is 0.188. The first-order valence-electron chi connectivity index (χ1n) is 7.42. The molecule has 130 valence electrons. The average molecular weight is 359 g/mol. The van der Waals surface area contributed by atoms with Crippen LogP contribution in [0.3, 0.4) is 0 Å². The van der Waals surface area contributed by atoms with Crippen molar-refractivity contribution in [3.63, 3.8) is 0 Å². The topological polar surface area (TPSA) is 75.2 Å². The number of nitrogens with one attached hydrogen (secondary N) is 1. The molecular weight excluding hydrogens is 342 g/mol. The number of carbonyl (C=O) groups excluding carboxylic acids is 1. The van der Waals surface area contributed by atoms with E-state index in [-0.39, 0.29) is 12.5 Å². The number of benzene rings is 1. The van der Waals surface area contributed by atoms with Gasteiger partial charge in [-0.2, -0.15) is 5.10 Å². The van der Waals surface area contributed by atoms with Crippen LogP contribution in [0.1, 0.15) is 0 Å². The van der Waals surface area contributed by atoms with Crippen LogP contribution in [0.5, 0.6) is 11.5 Å². The number of nitrogens with zero attached hydrogens (tertiary/aromatic N) is 4. The summed E-state index contributed by atoms with van der Waals surface area (Å²) in [7, 11) is 3.09. The maximum absolute atomic E-state index is 12.3. The highest BCUT2D eigenvalue weighted by atomic mass is 32.1. The highest BCUT2D eigenvalue weighted by Gasteiger charge is 2.11. The van der Waals surface area contributed by atoms with Crippen LogP contribution in [-0.4, -0.2) is 39.3 Å². The molecule has 3 rings (SSSR count). The van der Waals surface area contributed by atoms with E-state index < -0.39 is 0 Å². The third kappa shape index (κ3) is 3.56. The smallest absolute Gasteiger partial charge is 0.246 e. The second-order valence-corrected chi connectivity index (χ2v) is 5.46. The molecule has 0 unspecified atom stereocenters. The van der Waals surface area contributed by atoms with Crippen LogP contribution in [0, 0.1) is 4.77 Å². The quantitative estimate of drug-likeness (QED) is 0.683. The van der Waals surface area contributed by atoms with Crippen molar-refractivity contribution in [2.45, 2.75) is 6.54 Å². The van der Waals surface area contributed by atoms with Gasteiger partial charge in [0.05, 0.1) is 19.9 Å². The third-order valence-electron chi connectivity index (χ3n) is 3.53. The Morgan fingerprint density at radius 1 is 1.24 bits per heavy atom. The highest BCUT2D eigenvalue weighted by molar-refractivity contribution is 7.71. The van der Waals surface area contributed by atoms with E-state index in [0.29, 0.717) is 22.0 Å². The van der Waals surface area contributed by atoms with Crippen molar-refractivity contribution < 1.29 is 14.3 Å². The standard InChI is InChI=1S/C16H17N5O3S/c1-23-12-5-6-13(14(9-12)24-2)18-15(22)10-20-16(25)21(11-17-20)19-7-3-4-8-19/h3-9,11H,10H2,1-2H3,(H,18,22). The molecule has 25 heavy (non-hydrogen) atoms. The lowest BCUT2D eigenvalue weighted by atomic mass is 10.2. The number of amides is 1. The maximum atomic E-state index is 12.3. The summed E-state index contributed by atoms with van der Waals surface area (Å²) in [4.78, 5) is 12.3. The zero-order valence-corrected chi connectivity index (χ0v) is 14.6. The van der Waals surface area contributed by atoms with Gasteiger partial charge in [-0.15, -0.1) is 0 Å². The van der Waals surface area contributed by atoms with Gasteiger partial charge < -0.3 is 14.8 Å². The molecule has 0 aliphatic carbocycles. The Balaban J connectivity index is 1.75. The maximum Gasteiger partial charge on any atom is 0.246 e. The van der Waals surface area contributed by atoms with Gasteiger partial charge in [-0.3, -0.25) is 9.47 Å². The lowest BCUT2D eigenvalue weighted by molar-refractivity contribution is -0.116. The van der Waals surface area contributed by atoms with Crippen molar-refractivity contribution in [2.24, 2.45) is 0 Å². The first-order valence-corrected chi connectivity index (χ1v) is 7.83. The zero-order valence-electron chi connectivity index (χ0n) is 13.7. The molecule has 0 atom stereocenters. The van der Waals surface area contributed by atoms with Gasteiger partial charge in [0.15, 0.2) is 0 Å². The lowest BCUT2D eigenvalue weighted by Gasteiger charge is -2.11. The monoisotopic (exact) mass is 359 g/mol. The predicted octanol–water partition coefficient (Wildman–Crippen LogP) is 2.18. The number of aromatic nitrogens is 4. The van der Waals surface area contributed by atoms with Gasteiger partial charge in [-0.1, -0.05) is 0 Å². The van der Waals surface area contributed by atoms with Crippen molar-refractivity contribution in [3.8, 4) is 11.5 Å². The summed E-state index contributed by atoms with van der Waals surface area (Å²) in [5.41, 5.74) is 0.546. The predicted molar refractivity (Wildman–Crippen MR) is 94.5 cm³/mol. The van der Waals surface area contributed by atoms with E-state index in [1.165, 1.54) is 11.8 Å². The van der Waals surface area contributed by atoms with Gasteiger partial charge in [-0.25, -0.2) is 9.36 Å². The molecule has 2 aromatic heterocycles. The highest BCUT2D eigenvalue weighted by Crippen LogP contribution is 2.28. The van der Waals surface area contributed by atoms with E-state index in [2.05, 4.69) is 10.4 Å². The second-order valence-electron chi connectivity index (χ2n) is 5.09. The summed E-state index contributed by atoms with van der Waals surface area (Å²) < 4.78 is 15.7. The minimum atomic E-state index is -0.266. The molecule has 1 aromatic carbocycles. The van der Waals surface area contributed by atoms with Gasteiger partial charge >= 0.3 is 0 Å². The number of hydrogen-bond donors (Lipinski definition) is 1. The number of methoxy groups -OCH3 is 2. The molecule has 1 amide bonds. The fourth-order valence-corrected chi connectivity index (χ4v) is 2.54. The van der Waals surface area contributed by atoms with Gasteiger partial charge in [0.2, 0.25) is 10.7 Å². The normalized spacial score (nSPS) is 10.5. The number of ether oxygens (including phenoxy) is 2. The minimum absolute atomic E-state index is 0.0116. The summed E-state index contributed by atoms with van der Waals surface area (Å²) >= 11 is 5.36. The van der Waals surface area contributed by atoms with Crippen molar-refractivity contribution in [1.82, 2.24) is 19.1 Å². The molecule has 9 heteroatoms. The SMILES string of the molecule is COc1ccc(NC(=O)Cn2ncn(-n3cccc3)c2=S)c(OC)c1. The zero-order chi connectivity index (χ0) is 17.8. The molecule has 0 spiro atoms. The van der Waals surface area contributed by atoms with E-state index in [9.17, 15) is 4.79 Å². The van der Waals surface area contributed by atoms with E-state index >= 15 is 0 Å². The molecule has 1 N–H and O–H groups in total. The molecule has 2 heterocycles. The Kier molecular flexibility index (Phi) is 4.85. The van der Waals surface area contributed by atoms with Crippen LogP contribution in [0.4, 0.5) is 5.69 Å². The summed E-state index contributed by atoms with van der Waals surface area (Å²) in [5.74, 6) is 0.883. The van der Waals surface area contributed by atoms with E-state index in [1.807, 2.05) is 24.5 Å². The van der Waals surface area contributed by atoms with Crippen LogP contribution >= 0.6 is 12.2 Å². The minimum Gasteiger partial charge on any atom is -0.497 e. The van der Waals surface area contributed by atoms with Crippen molar-refractivity contribution in [3.05, 3.63) is 53.8 Å². The molecule has 0 radical (unpaired) electrons. The van der Waals surface area contributed by atoms with Gasteiger partial charge in [-0.05, 0) is 36.5 Å². The Morgan fingerprint density at radius 2 is 2.00 bits per heavy atom.